The highest BCUT2D eigenvalue weighted by atomic mass is 32.2. The first kappa shape index (κ1) is 19.0. The molecule has 0 aromatic heterocycles. The van der Waals surface area contributed by atoms with Crippen molar-refractivity contribution in [2.75, 3.05) is 23.4 Å². The zero-order chi connectivity index (χ0) is 19.4. The maximum absolute atomic E-state index is 12.9. The smallest absolute Gasteiger partial charge is 0.241 e. The number of anilines is 1. The molecule has 2 aromatic carbocycles. The van der Waals surface area contributed by atoms with Gasteiger partial charge in [-0.05, 0) is 36.8 Å². The lowest BCUT2D eigenvalue weighted by atomic mass is 10.2. The summed E-state index contributed by atoms with van der Waals surface area (Å²) in [6, 6.07) is 10.4. The summed E-state index contributed by atoms with van der Waals surface area (Å²) in [6.45, 7) is 1.36. The van der Waals surface area contributed by atoms with Crippen molar-refractivity contribution >= 4 is 21.6 Å². The highest BCUT2D eigenvalue weighted by Crippen LogP contribution is 2.36. The summed E-state index contributed by atoms with van der Waals surface area (Å²) >= 11 is 0. The minimum atomic E-state index is -3.69. The highest BCUT2D eigenvalue weighted by Gasteiger charge is 2.25. The van der Waals surface area contributed by atoms with Gasteiger partial charge in [0.1, 0.15) is 12.4 Å². The molecule has 0 bridgehead atoms. The maximum Gasteiger partial charge on any atom is 0.241 e. The third-order valence-corrected chi connectivity index (χ3v) is 5.78. The molecule has 0 unspecified atom stereocenters. The molecule has 9 heteroatoms. The van der Waals surface area contributed by atoms with Gasteiger partial charge in [0.25, 0.3) is 0 Å². The van der Waals surface area contributed by atoms with E-state index in [2.05, 4.69) is 5.32 Å². The summed E-state index contributed by atoms with van der Waals surface area (Å²) in [7, 11) is -3.69. The topological polar surface area (TPSA) is 84.9 Å². The predicted molar refractivity (Wildman–Crippen MR) is 97.6 cm³/mol. The molecule has 144 valence electrons. The third kappa shape index (κ3) is 4.48. The Kier molecular flexibility index (Phi) is 5.50. The first-order chi connectivity index (χ1) is 12.9. The normalized spacial score (nSPS) is 12.7. The zero-order valence-electron chi connectivity index (χ0n) is 14.6. The second-order valence-electron chi connectivity index (χ2n) is 5.85. The van der Waals surface area contributed by atoms with E-state index in [0.29, 0.717) is 22.7 Å². The van der Waals surface area contributed by atoms with Crippen molar-refractivity contribution in [1.29, 1.82) is 0 Å². The molecule has 3 rings (SSSR count). The molecule has 0 spiro atoms. The molecule has 0 atom stereocenters. The highest BCUT2D eigenvalue weighted by molar-refractivity contribution is 7.92. The van der Waals surface area contributed by atoms with Crippen molar-refractivity contribution in [3.63, 3.8) is 0 Å². The van der Waals surface area contributed by atoms with Crippen LogP contribution in [0.2, 0.25) is 0 Å². The number of hydrogen-bond donors (Lipinski definition) is 1. The monoisotopic (exact) mass is 394 g/mol. The first-order valence-corrected chi connectivity index (χ1v) is 9.91. The quantitative estimate of drug-likeness (QED) is 0.777. The Labute approximate surface area is 156 Å². The number of ether oxygens (including phenoxy) is 2. The van der Waals surface area contributed by atoms with Crippen LogP contribution in [-0.4, -0.2) is 33.4 Å². The Morgan fingerprint density at radius 2 is 1.85 bits per heavy atom. The molecule has 0 aliphatic carbocycles. The van der Waals surface area contributed by atoms with Crippen LogP contribution < -0.4 is 19.1 Å². The molecule has 0 saturated carbocycles. The minimum absolute atomic E-state index is 0.0669. The fraction of sp³-hybridized carbons (Fsp3) is 0.278. The largest absolute Gasteiger partial charge is 0.454 e. The molecule has 1 aliphatic heterocycles. The molecule has 0 saturated heterocycles. The number of halogens is 1. The number of carbonyl (C=O) groups excluding carboxylic acids is 1. The number of rotatable bonds is 7. The zero-order valence-corrected chi connectivity index (χ0v) is 15.5. The van der Waals surface area contributed by atoms with Gasteiger partial charge in [-0.25, -0.2) is 12.8 Å². The number of hydrogen-bond acceptors (Lipinski definition) is 5. The predicted octanol–water partition coefficient (Wildman–Crippen LogP) is 2.03. The van der Waals surface area contributed by atoms with Crippen LogP contribution in [0.25, 0.3) is 0 Å². The van der Waals surface area contributed by atoms with Crippen molar-refractivity contribution < 1.29 is 27.1 Å². The first-order valence-electron chi connectivity index (χ1n) is 8.30. The second-order valence-corrected chi connectivity index (χ2v) is 8.03. The molecule has 7 nitrogen and oxygen atoms in total. The third-order valence-electron chi connectivity index (χ3n) is 4.03. The number of carbonyl (C=O) groups is 1. The van der Waals surface area contributed by atoms with Crippen LogP contribution in [0.1, 0.15) is 12.5 Å². The Hall–Kier alpha value is -2.81. The van der Waals surface area contributed by atoms with E-state index in [1.807, 2.05) is 0 Å². The number of sulfonamides is 1. The molecule has 27 heavy (non-hydrogen) atoms. The number of fused-ring (bicyclic) bond motifs is 1. The number of nitrogens with zero attached hydrogens (tertiary/aromatic N) is 1. The summed E-state index contributed by atoms with van der Waals surface area (Å²) in [6.07, 6.45) is 0. The van der Waals surface area contributed by atoms with E-state index < -0.39 is 15.9 Å². The lowest BCUT2D eigenvalue weighted by Crippen LogP contribution is -2.41. The van der Waals surface area contributed by atoms with Crippen molar-refractivity contribution in [2.45, 2.75) is 13.5 Å². The van der Waals surface area contributed by atoms with Gasteiger partial charge in [0.15, 0.2) is 11.5 Å². The Morgan fingerprint density at radius 3 is 2.56 bits per heavy atom. The summed E-state index contributed by atoms with van der Waals surface area (Å²) < 4.78 is 49.4. The fourth-order valence-electron chi connectivity index (χ4n) is 2.54. The van der Waals surface area contributed by atoms with Gasteiger partial charge in [-0.15, -0.1) is 0 Å². The van der Waals surface area contributed by atoms with E-state index >= 15 is 0 Å². The van der Waals surface area contributed by atoms with Crippen molar-refractivity contribution in [2.24, 2.45) is 0 Å². The molecule has 2 aromatic rings. The number of nitrogens with one attached hydrogen (secondary N) is 1. The number of amides is 1. The van der Waals surface area contributed by atoms with Crippen molar-refractivity contribution in [3.05, 3.63) is 53.8 Å². The van der Waals surface area contributed by atoms with Gasteiger partial charge >= 0.3 is 0 Å². The molecular formula is C18H19FN2O5S. The standard InChI is InChI=1S/C18H19FN2O5S/c1-2-27(23,24)21(15-7-8-16-17(9-15)26-12-25-16)11-18(22)20-10-13-3-5-14(19)6-4-13/h3-9H,2,10-12H2,1H3,(H,20,22). The molecular weight excluding hydrogens is 375 g/mol. The summed E-state index contributed by atoms with van der Waals surface area (Å²) in [4.78, 5) is 12.3. The molecule has 1 heterocycles. The average Bonchev–Trinajstić information content (AvgIpc) is 3.13. The average molecular weight is 394 g/mol. The van der Waals surface area contributed by atoms with Crippen molar-refractivity contribution in [1.82, 2.24) is 5.32 Å². The van der Waals surface area contributed by atoms with Crippen LogP contribution in [0.5, 0.6) is 11.5 Å². The lowest BCUT2D eigenvalue weighted by molar-refractivity contribution is -0.119. The molecule has 0 radical (unpaired) electrons. The SMILES string of the molecule is CCS(=O)(=O)N(CC(=O)NCc1ccc(F)cc1)c1ccc2c(c1)OCO2. The van der Waals surface area contributed by atoms with Crippen LogP contribution in [0.15, 0.2) is 42.5 Å². The van der Waals surface area contributed by atoms with Crippen LogP contribution in [0.3, 0.4) is 0 Å². The summed E-state index contributed by atoms with van der Waals surface area (Å²) in [5, 5.41) is 2.64. The van der Waals surface area contributed by atoms with Gasteiger partial charge in [0.05, 0.1) is 11.4 Å². The molecule has 1 aliphatic rings. The Morgan fingerprint density at radius 1 is 1.15 bits per heavy atom. The van der Waals surface area contributed by atoms with E-state index in [1.54, 1.807) is 24.3 Å². The van der Waals surface area contributed by atoms with Gasteiger partial charge in [-0.2, -0.15) is 0 Å². The van der Waals surface area contributed by atoms with E-state index in [4.69, 9.17) is 9.47 Å². The van der Waals surface area contributed by atoms with Gasteiger partial charge in [0, 0.05) is 12.6 Å². The van der Waals surface area contributed by atoms with Crippen LogP contribution >= 0.6 is 0 Å². The van der Waals surface area contributed by atoms with Gasteiger partial charge < -0.3 is 14.8 Å². The fourth-order valence-corrected chi connectivity index (χ4v) is 3.60. The molecule has 1 amide bonds. The van der Waals surface area contributed by atoms with Gasteiger partial charge in [-0.1, -0.05) is 12.1 Å². The molecule has 1 N–H and O–H groups in total. The molecule has 0 fully saturated rings. The van der Waals surface area contributed by atoms with Crippen LogP contribution in [0, 0.1) is 5.82 Å². The Bertz CT molecular complexity index is 931. The van der Waals surface area contributed by atoms with Crippen molar-refractivity contribution in [3.8, 4) is 11.5 Å². The van der Waals surface area contributed by atoms with E-state index in [9.17, 15) is 17.6 Å². The number of benzene rings is 2. The van der Waals surface area contributed by atoms with E-state index in [1.165, 1.54) is 25.1 Å². The lowest BCUT2D eigenvalue weighted by Gasteiger charge is -2.23. The van der Waals surface area contributed by atoms with E-state index in [0.717, 1.165) is 4.31 Å². The minimum Gasteiger partial charge on any atom is -0.454 e. The maximum atomic E-state index is 12.9. The van der Waals surface area contributed by atoms with Crippen LogP contribution in [-0.2, 0) is 21.4 Å². The van der Waals surface area contributed by atoms with E-state index in [-0.39, 0.29) is 31.5 Å². The van der Waals surface area contributed by atoms with Crippen LogP contribution in [0.4, 0.5) is 10.1 Å². The van der Waals surface area contributed by atoms with Gasteiger partial charge in [-0.3, -0.25) is 9.10 Å². The van der Waals surface area contributed by atoms with Gasteiger partial charge in [0.2, 0.25) is 22.7 Å². The summed E-state index contributed by atoms with van der Waals surface area (Å²) in [5.74, 6) is -0.0573. The second kappa shape index (κ2) is 7.83. The Balaban J connectivity index is 1.74. The summed E-state index contributed by atoms with van der Waals surface area (Å²) in [5.41, 5.74) is 1.02.